The zero-order valence-electron chi connectivity index (χ0n) is 11.3. The van der Waals surface area contributed by atoms with E-state index in [0.717, 1.165) is 51.6 Å². The molecule has 4 heteroatoms. The molecule has 18 heavy (non-hydrogen) atoms. The van der Waals surface area contributed by atoms with Gasteiger partial charge in [-0.25, -0.2) is 0 Å². The molecule has 4 unspecified atom stereocenters. The van der Waals surface area contributed by atoms with E-state index in [-0.39, 0.29) is 24.3 Å². The second-order valence-corrected chi connectivity index (χ2v) is 5.82. The van der Waals surface area contributed by atoms with E-state index in [2.05, 4.69) is 10.6 Å². The second kappa shape index (κ2) is 7.43. The van der Waals surface area contributed by atoms with Gasteiger partial charge in [0, 0.05) is 25.2 Å². The monoisotopic (exact) mass is 256 g/mol. The van der Waals surface area contributed by atoms with Crippen molar-refractivity contribution < 1.29 is 10.2 Å². The fourth-order valence-electron chi connectivity index (χ4n) is 3.21. The van der Waals surface area contributed by atoms with Crippen LogP contribution in [0.4, 0.5) is 0 Å². The van der Waals surface area contributed by atoms with Crippen molar-refractivity contribution in [1.29, 1.82) is 0 Å². The van der Waals surface area contributed by atoms with Crippen LogP contribution in [0.15, 0.2) is 0 Å². The molecule has 2 saturated carbocycles. The van der Waals surface area contributed by atoms with Crippen molar-refractivity contribution in [3.63, 3.8) is 0 Å². The molecule has 4 N–H and O–H groups in total. The van der Waals surface area contributed by atoms with Gasteiger partial charge in [0.25, 0.3) is 0 Å². The maximum atomic E-state index is 9.84. The van der Waals surface area contributed by atoms with Crippen LogP contribution in [0, 0.1) is 0 Å². The fraction of sp³-hybridized carbons (Fsp3) is 1.00. The van der Waals surface area contributed by atoms with Gasteiger partial charge in [0.15, 0.2) is 0 Å². The van der Waals surface area contributed by atoms with Gasteiger partial charge in [0.05, 0.1) is 12.2 Å². The lowest BCUT2D eigenvalue weighted by Gasteiger charge is -2.30. The van der Waals surface area contributed by atoms with Gasteiger partial charge in [0.2, 0.25) is 0 Å². The molecule has 2 rings (SSSR count). The van der Waals surface area contributed by atoms with E-state index < -0.39 is 0 Å². The van der Waals surface area contributed by atoms with Crippen LogP contribution in [0.1, 0.15) is 51.4 Å². The third-order valence-corrected chi connectivity index (χ3v) is 4.40. The number of aliphatic hydroxyl groups excluding tert-OH is 2. The Morgan fingerprint density at radius 2 is 1.06 bits per heavy atom. The summed E-state index contributed by atoms with van der Waals surface area (Å²) in [6, 6.07) is 0.550. The lowest BCUT2D eigenvalue weighted by atomic mass is 9.92. The van der Waals surface area contributed by atoms with Crippen LogP contribution in [-0.2, 0) is 0 Å². The standard InChI is InChI=1S/C14H28N2O2/c17-13-7-3-1-5-11(13)15-9-10-16-12-6-2-4-8-14(12)18/h11-18H,1-10H2. The first kappa shape index (κ1) is 14.3. The zero-order chi connectivity index (χ0) is 12.8. The van der Waals surface area contributed by atoms with Gasteiger partial charge in [-0.1, -0.05) is 25.7 Å². The molecule has 4 nitrogen and oxygen atoms in total. The maximum Gasteiger partial charge on any atom is 0.0693 e. The van der Waals surface area contributed by atoms with E-state index in [9.17, 15) is 10.2 Å². The molecule has 2 fully saturated rings. The topological polar surface area (TPSA) is 64.5 Å². The third-order valence-electron chi connectivity index (χ3n) is 4.40. The third kappa shape index (κ3) is 4.19. The smallest absolute Gasteiger partial charge is 0.0693 e. The Labute approximate surface area is 110 Å². The average Bonchev–Trinajstić information content (AvgIpc) is 2.38. The SMILES string of the molecule is OC1CCCCC1NCCNC1CCCCC1O. The predicted molar refractivity (Wildman–Crippen MR) is 72.5 cm³/mol. The molecule has 2 aliphatic carbocycles. The van der Waals surface area contributed by atoms with Crippen molar-refractivity contribution in [2.45, 2.75) is 75.7 Å². The molecule has 0 aromatic carbocycles. The summed E-state index contributed by atoms with van der Waals surface area (Å²) < 4.78 is 0. The van der Waals surface area contributed by atoms with Crippen LogP contribution in [0.25, 0.3) is 0 Å². The van der Waals surface area contributed by atoms with E-state index >= 15 is 0 Å². The van der Waals surface area contributed by atoms with E-state index in [1.807, 2.05) is 0 Å². The Morgan fingerprint density at radius 3 is 1.44 bits per heavy atom. The van der Waals surface area contributed by atoms with E-state index in [4.69, 9.17) is 0 Å². The van der Waals surface area contributed by atoms with Crippen molar-refractivity contribution in [3.05, 3.63) is 0 Å². The Bertz CT molecular complexity index is 214. The number of hydrogen-bond donors (Lipinski definition) is 4. The van der Waals surface area contributed by atoms with Crippen molar-refractivity contribution >= 4 is 0 Å². The highest BCUT2D eigenvalue weighted by Gasteiger charge is 2.23. The van der Waals surface area contributed by atoms with E-state index in [1.165, 1.54) is 12.8 Å². The average molecular weight is 256 g/mol. The molecule has 2 aliphatic rings. The molecule has 0 radical (unpaired) electrons. The highest BCUT2D eigenvalue weighted by molar-refractivity contribution is 4.82. The number of aliphatic hydroxyl groups is 2. The molecule has 0 aromatic rings. The summed E-state index contributed by atoms with van der Waals surface area (Å²) in [4.78, 5) is 0. The molecular formula is C14H28N2O2. The summed E-state index contributed by atoms with van der Waals surface area (Å²) in [5.74, 6) is 0. The van der Waals surface area contributed by atoms with Crippen molar-refractivity contribution in [3.8, 4) is 0 Å². The first-order valence-corrected chi connectivity index (χ1v) is 7.60. The van der Waals surface area contributed by atoms with Crippen LogP contribution in [0.2, 0.25) is 0 Å². The lowest BCUT2D eigenvalue weighted by Crippen LogP contribution is -2.48. The van der Waals surface area contributed by atoms with Gasteiger partial charge in [-0.05, 0) is 25.7 Å². The Balaban J connectivity index is 1.57. The maximum absolute atomic E-state index is 9.84. The van der Waals surface area contributed by atoms with Gasteiger partial charge in [0.1, 0.15) is 0 Å². The normalized spacial score (nSPS) is 37.7. The molecule has 0 aromatic heterocycles. The largest absolute Gasteiger partial charge is 0.392 e. The van der Waals surface area contributed by atoms with E-state index in [1.54, 1.807) is 0 Å². The highest BCUT2D eigenvalue weighted by atomic mass is 16.3. The molecule has 0 bridgehead atoms. The summed E-state index contributed by atoms with van der Waals surface area (Å²) in [5.41, 5.74) is 0. The summed E-state index contributed by atoms with van der Waals surface area (Å²) in [5, 5.41) is 26.5. The molecule has 0 aliphatic heterocycles. The molecule has 106 valence electrons. The van der Waals surface area contributed by atoms with Crippen LogP contribution in [0.3, 0.4) is 0 Å². The molecule has 0 amide bonds. The highest BCUT2D eigenvalue weighted by Crippen LogP contribution is 2.19. The minimum Gasteiger partial charge on any atom is -0.392 e. The summed E-state index contributed by atoms with van der Waals surface area (Å²) in [7, 11) is 0. The van der Waals surface area contributed by atoms with Crippen molar-refractivity contribution in [1.82, 2.24) is 10.6 Å². The lowest BCUT2D eigenvalue weighted by molar-refractivity contribution is 0.0844. The zero-order valence-corrected chi connectivity index (χ0v) is 11.3. The van der Waals surface area contributed by atoms with E-state index in [0.29, 0.717) is 0 Å². The van der Waals surface area contributed by atoms with Crippen LogP contribution >= 0.6 is 0 Å². The van der Waals surface area contributed by atoms with Crippen LogP contribution < -0.4 is 10.6 Å². The van der Waals surface area contributed by atoms with Crippen molar-refractivity contribution in [2.75, 3.05) is 13.1 Å². The quantitative estimate of drug-likeness (QED) is 0.549. The minimum absolute atomic E-state index is 0.168. The number of rotatable bonds is 5. The van der Waals surface area contributed by atoms with Gasteiger partial charge in [-0.2, -0.15) is 0 Å². The number of nitrogens with one attached hydrogen (secondary N) is 2. The first-order valence-electron chi connectivity index (χ1n) is 7.60. The molecule has 4 atom stereocenters. The predicted octanol–water partition coefficient (Wildman–Crippen LogP) is 0.773. The minimum atomic E-state index is -0.168. The van der Waals surface area contributed by atoms with Crippen LogP contribution in [-0.4, -0.2) is 47.6 Å². The summed E-state index contributed by atoms with van der Waals surface area (Å²) in [6.07, 6.45) is 8.49. The fourth-order valence-corrected chi connectivity index (χ4v) is 3.21. The van der Waals surface area contributed by atoms with Crippen LogP contribution in [0.5, 0.6) is 0 Å². The van der Waals surface area contributed by atoms with Gasteiger partial charge < -0.3 is 20.8 Å². The Kier molecular flexibility index (Phi) is 5.89. The van der Waals surface area contributed by atoms with Crippen molar-refractivity contribution in [2.24, 2.45) is 0 Å². The first-order chi connectivity index (χ1) is 8.77. The van der Waals surface area contributed by atoms with Gasteiger partial charge in [-0.15, -0.1) is 0 Å². The Morgan fingerprint density at radius 1 is 0.667 bits per heavy atom. The summed E-state index contributed by atoms with van der Waals surface area (Å²) >= 11 is 0. The molecule has 0 spiro atoms. The molecular weight excluding hydrogens is 228 g/mol. The summed E-state index contributed by atoms with van der Waals surface area (Å²) in [6.45, 7) is 1.76. The van der Waals surface area contributed by atoms with Gasteiger partial charge >= 0.3 is 0 Å². The van der Waals surface area contributed by atoms with Gasteiger partial charge in [-0.3, -0.25) is 0 Å². The molecule has 0 saturated heterocycles. The second-order valence-electron chi connectivity index (χ2n) is 5.82. The Hall–Kier alpha value is -0.160. The number of hydrogen-bond acceptors (Lipinski definition) is 4. The molecule has 0 heterocycles.